The van der Waals surface area contributed by atoms with E-state index in [-0.39, 0.29) is 22.6 Å². The van der Waals surface area contributed by atoms with Crippen LogP contribution in [0, 0.1) is 16.7 Å². The fourth-order valence-electron chi connectivity index (χ4n) is 5.18. The number of likely N-dealkylation sites (tertiary alicyclic amines) is 1. The largest absolute Gasteiger partial charge is 0.490 e. The Labute approximate surface area is 228 Å². The van der Waals surface area contributed by atoms with Crippen molar-refractivity contribution in [2.75, 3.05) is 30.5 Å². The molecular formula is C27H34N6O5S. The van der Waals surface area contributed by atoms with Gasteiger partial charge in [-0.25, -0.2) is 8.42 Å². The summed E-state index contributed by atoms with van der Waals surface area (Å²) in [6.45, 7) is 1.77. The highest BCUT2D eigenvalue weighted by molar-refractivity contribution is 7.92. The lowest BCUT2D eigenvalue weighted by Crippen LogP contribution is -2.42. The summed E-state index contributed by atoms with van der Waals surface area (Å²) in [7, 11) is -4.19. The minimum atomic E-state index is -4.19. The Morgan fingerprint density at radius 3 is 2.31 bits per heavy atom. The van der Waals surface area contributed by atoms with Crippen LogP contribution in [0.15, 0.2) is 47.4 Å². The fourth-order valence-corrected chi connectivity index (χ4v) is 6.59. The third-order valence-corrected chi connectivity index (χ3v) is 9.36. The van der Waals surface area contributed by atoms with Crippen molar-refractivity contribution in [2.45, 2.75) is 49.6 Å². The molecule has 1 saturated heterocycles. The van der Waals surface area contributed by atoms with Gasteiger partial charge in [-0.2, -0.15) is 0 Å². The molecule has 0 unspecified atom stereocenters. The third kappa shape index (κ3) is 5.95. The monoisotopic (exact) mass is 554 g/mol. The number of benzene rings is 2. The fraction of sp³-hybridized carbons (Fsp3) is 0.444. The summed E-state index contributed by atoms with van der Waals surface area (Å²) in [4.78, 5) is 15.5. The summed E-state index contributed by atoms with van der Waals surface area (Å²) in [5.41, 5.74) is 7.70. The van der Waals surface area contributed by atoms with Gasteiger partial charge in [0.25, 0.3) is 10.0 Å². The molecule has 3 aliphatic rings. The molecule has 1 saturated carbocycles. The van der Waals surface area contributed by atoms with E-state index in [4.69, 9.17) is 21.3 Å². The molecule has 5 rings (SSSR count). The van der Waals surface area contributed by atoms with E-state index in [1.54, 1.807) is 35.2 Å². The minimum Gasteiger partial charge on any atom is -0.490 e. The number of nitrogens with one attached hydrogen (secondary N) is 2. The molecule has 0 amide bonds. The molecule has 11 nitrogen and oxygen atoms in total. The molecule has 0 atom stereocenters. The number of rotatable bonds is 8. The van der Waals surface area contributed by atoms with Gasteiger partial charge < -0.3 is 25.4 Å². The average molecular weight is 555 g/mol. The molecule has 0 spiro atoms. The number of hydrogen-bond acceptors (Lipinski definition) is 6. The predicted octanol–water partition coefficient (Wildman–Crippen LogP) is 2.45. The van der Waals surface area contributed by atoms with Crippen molar-refractivity contribution >= 4 is 33.5 Å². The highest BCUT2D eigenvalue weighted by Crippen LogP contribution is 2.33. The summed E-state index contributed by atoms with van der Waals surface area (Å²) >= 11 is 0. The third-order valence-electron chi connectivity index (χ3n) is 7.57. The first-order valence-electron chi connectivity index (χ1n) is 13.2. The van der Waals surface area contributed by atoms with Crippen LogP contribution in [0.3, 0.4) is 0 Å². The van der Waals surface area contributed by atoms with Crippen LogP contribution in [0.4, 0.5) is 5.69 Å². The van der Waals surface area contributed by atoms with Crippen LogP contribution < -0.4 is 14.8 Å². The molecule has 0 bridgehead atoms. The number of carbonyl (C=O) groups is 1. The quantitative estimate of drug-likeness (QED) is 0.285. The number of sulfonamides is 1. The molecule has 0 radical (unpaired) electrons. The number of carboxylic acid groups (broad SMARTS) is 1. The number of aliphatic carboxylic acids is 1. The maximum Gasteiger partial charge on any atom is 0.324 e. The van der Waals surface area contributed by atoms with Crippen molar-refractivity contribution in [2.24, 2.45) is 11.7 Å². The smallest absolute Gasteiger partial charge is 0.324 e. The van der Waals surface area contributed by atoms with E-state index in [0.717, 1.165) is 60.0 Å². The SMILES string of the molecule is N=C(N)N1CCc2ccc(N(CC(=O)O)S(=O)(=O)c3ccc(OC4CCN(C(=N)C5CC5)CC4)cc3)cc2C1. The maximum atomic E-state index is 13.6. The van der Waals surface area contributed by atoms with Crippen LogP contribution >= 0.6 is 0 Å². The summed E-state index contributed by atoms with van der Waals surface area (Å²) in [6.07, 6.45) is 4.45. The topological polar surface area (TPSA) is 164 Å². The Bertz CT molecular complexity index is 1370. The molecule has 0 aromatic heterocycles. The first kappa shape index (κ1) is 26.8. The van der Waals surface area contributed by atoms with Crippen LogP contribution in [-0.2, 0) is 27.8 Å². The molecule has 2 aromatic rings. The van der Waals surface area contributed by atoms with Gasteiger partial charge in [-0.1, -0.05) is 6.07 Å². The Morgan fingerprint density at radius 2 is 1.69 bits per heavy atom. The van der Waals surface area contributed by atoms with E-state index in [1.165, 1.54) is 12.1 Å². The molecule has 208 valence electrons. The van der Waals surface area contributed by atoms with Gasteiger partial charge in [0, 0.05) is 44.9 Å². The molecule has 2 aromatic carbocycles. The van der Waals surface area contributed by atoms with Crippen molar-refractivity contribution in [3.63, 3.8) is 0 Å². The van der Waals surface area contributed by atoms with Crippen LogP contribution in [0.5, 0.6) is 5.75 Å². The normalized spacial score (nSPS) is 17.8. The average Bonchev–Trinajstić information content (AvgIpc) is 3.77. The van der Waals surface area contributed by atoms with Crippen LogP contribution in [0.2, 0.25) is 0 Å². The first-order chi connectivity index (χ1) is 18.6. The second kappa shape index (κ2) is 10.8. The summed E-state index contributed by atoms with van der Waals surface area (Å²) in [5.74, 6) is 0.375. The Balaban J connectivity index is 1.29. The van der Waals surface area contributed by atoms with Crippen molar-refractivity contribution < 1.29 is 23.1 Å². The van der Waals surface area contributed by atoms with Gasteiger partial charge in [0.15, 0.2) is 5.96 Å². The van der Waals surface area contributed by atoms with Gasteiger partial charge in [0.1, 0.15) is 18.4 Å². The Hall–Kier alpha value is -3.80. The number of ether oxygens (including phenoxy) is 1. The molecule has 5 N–H and O–H groups in total. The van der Waals surface area contributed by atoms with Crippen molar-refractivity contribution in [1.29, 1.82) is 10.8 Å². The zero-order valence-corrected chi connectivity index (χ0v) is 22.5. The zero-order valence-electron chi connectivity index (χ0n) is 21.7. The van der Waals surface area contributed by atoms with Crippen molar-refractivity contribution in [1.82, 2.24) is 9.80 Å². The van der Waals surface area contributed by atoms with E-state index >= 15 is 0 Å². The lowest BCUT2D eigenvalue weighted by atomic mass is 9.99. The van der Waals surface area contributed by atoms with E-state index in [0.29, 0.717) is 31.2 Å². The minimum absolute atomic E-state index is 0.00992. The number of piperidine rings is 1. The molecule has 2 heterocycles. The van der Waals surface area contributed by atoms with Gasteiger partial charge in [-0.3, -0.25) is 19.9 Å². The van der Waals surface area contributed by atoms with E-state index in [2.05, 4.69) is 4.90 Å². The number of nitrogens with two attached hydrogens (primary N) is 1. The van der Waals surface area contributed by atoms with E-state index in [9.17, 15) is 18.3 Å². The van der Waals surface area contributed by atoms with Gasteiger partial charge in [-0.05, 0) is 66.8 Å². The summed E-state index contributed by atoms with van der Waals surface area (Å²) < 4.78 is 34.2. The standard InChI is InChI=1S/C27H34N6O5S/c28-26(19-1-2-19)31-13-10-23(11-14-31)38-22-5-7-24(8-6-22)39(36,37)33(17-25(34)35)21-4-3-18-9-12-32(27(29)30)16-20(18)15-21/h3-8,15,19,23,28H,1-2,9-14,16-17H2,(H3,29,30)(H,34,35). The number of carboxylic acids is 1. The van der Waals surface area contributed by atoms with Gasteiger partial charge >= 0.3 is 5.97 Å². The zero-order chi connectivity index (χ0) is 27.7. The van der Waals surface area contributed by atoms with Gasteiger partial charge in [-0.15, -0.1) is 0 Å². The van der Waals surface area contributed by atoms with Crippen LogP contribution in [0.25, 0.3) is 0 Å². The predicted molar refractivity (Wildman–Crippen MR) is 147 cm³/mol. The molecule has 2 fully saturated rings. The number of fused-ring (bicyclic) bond motifs is 1. The van der Waals surface area contributed by atoms with E-state index in [1.807, 2.05) is 0 Å². The van der Waals surface area contributed by atoms with Crippen LogP contribution in [0.1, 0.15) is 36.8 Å². The van der Waals surface area contributed by atoms with Crippen molar-refractivity contribution in [3.8, 4) is 5.75 Å². The van der Waals surface area contributed by atoms with Gasteiger partial charge in [0.2, 0.25) is 0 Å². The van der Waals surface area contributed by atoms with Gasteiger partial charge in [0.05, 0.1) is 16.4 Å². The number of amidine groups is 1. The Morgan fingerprint density at radius 1 is 1.00 bits per heavy atom. The summed E-state index contributed by atoms with van der Waals surface area (Å²) in [5, 5.41) is 25.5. The van der Waals surface area contributed by atoms with Crippen molar-refractivity contribution in [3.05, 3.63) is 53.6 Å². The second-order valence-corrected chi connectivity index (χ2v) is 12.2. The highest BCUT2D eigenvalue weighted by atomic mass is 32.2. The van der Waals surface area contributed by atoms with E-state index < -0.39 is 22.5 Å². The molecule has 39 heavy (non-hydrogen) atoms. The molecule has 2 aliphatic heterocycles. The molecule has 12 heteroatoms. The van der Waals surface area contributed by atoms with Crippen LogP contribution in [-0.4, -0.2) is 73.4 Å². The lowest BCUT2D eigenvalue weighted by molar-refractivity contribution is -0.135. The lowest BCUT2D eigenvalue weighted by Gasteiger charge is -2.34. The summed E-state index contributed by atoms with van der Waals surface area (Å²) in [6, 6.07) is 11.2. The first-order valence-corrected chi connectivity index (χ1v) is 14.6. The highest BCUT2D eigenvalue weighted by Gasteiger charge is 2.33. The number of anilines is 1. The second-order valence-electron chi connectivity index (χ2n) is 10.4. The maximum absolute atomic E-state index is 13.6. The molecule has 1 aliphatic carbocycles. The molecular weight excluding hydrogens is 520 g/mol. The number of nitrogens with zero attached hydrogens (tertiary/aromatic N) is 3. The Kier molecular flexibility index (Phi) is 7.39. The number of guanidine groups is 1. The number of hydrogen-bond donors (Lipinski definition) is 4.